The van der Waals surface area contributed by atoms with E-state index in [0.29, 0.717) is 17.5 Å². The molecule has 14 heteroatoms. The Bertz CT molecular complexity index is 2060. The van der Waals surface area contributed by atoms with Gasteiger partial charge < -0.3 is 31.1 Å². The second kappa shape index (κ2) is 18.8. The molecule has 0 unspecified atom stereocenters. The quantitative estimate of drug-likeness (QED) is 0.151. The van der Waals surface area contributed by atoms with Crippen LogP contribution < -0.4 is 26.0 Å². The number of aliphatic carboxylic acids is 1. The Hall–Kier alpha value is -6.02. The van der Waals surface area contributed by atoms with Crippen LogP contribution in [0.2, 0.25) is 0 Å². The minimum absolute atomic E-state index is 0.0404. The number of amides is 4. The first-order valence-corrected chi connectivity index (χ1v) is 19.9. The lowest BCUT2D eigenvalue weighted by atomic mass is 9.99. The van der Waals surface area contributed by atoms with Gasteiger partial charge in [-0.1, -0.05) is 97.1 Å². The molecule has 55 heavy (non-hydrogen) atoms. The third-order valence-corrected chi connectivity index (χ3v) is 10.1. The summed E-state index contributed by atoms with van der Waals surface area (Å²) in [7, 11) is -3.56. The largest absolute Gasteiger partial charge is 0.484 e. The maximum absolute atomic E-state index is 14.2. The molecule has 2 aliphatic heterocycles. The van der Waals surface area contributed by atoms with Crippen molar-refractivity contribution >= 4 is 39.4 Å². The summed E-state index contributed by atoms with van der Waals surface area (Å²) >= 11 is 0. The fourth-order valence-corrected chi connectivity index (χ4v) is 6.76. The third kappa shape index (κ3) is 12.5. The molecule has 288 valence electrons. The maximum atomic E-state index is 14.2. The highest BCUT2D eigenvalue weighted by molar-refractivity contribution is 7.90. The topological polar surface area (TPSA) is 197 Å². The molecule has 0 aromatic heterocycles. The molecule has 0 saturated heterocycles. The van der Waals surface area contributed by atoms with E-state index in [2.05, 4.69) is 21.3 Å². The minimum Gasteiger partial charge on any atom is -0.484 e. The van der Waals surface area contributed by atoms with Crippen LogP contribution in [0.4, 0.5) is 0 Å². The summed E-state index contributed by atoms with van der Waals surface area (Å²) in [6, 6.07) is 27.3. The molecule has 2 heterocycles. The second-order valence-electron chi connectivity index (χ2n) is 13.5. The molecule has 4 aromatic carbocycles. The van der Waals surface area contributed by atoms with Gasteiger partial charge in [-0.2, -0.15) is 0 Å². The third-order valence-electron chi connectivity index (χ3n) is 9.11. The lowest BCUT2D eigenvalue weighted by Crippen LogP contribution is -2.58. The summed E-state index contributed by atoms with van der Waals surface area (Å²) in [4.78, 5) is 67.3. The Morgan fingerprint density at radius 2 is 1.24 bits per heavy atom. The van der Waals surface area contributed by atoms with Gasteiger partial charge in [-0.3, -0.25) is 19.2 Å². The van der Waals surface area contributed by atoms with E-state index in [9.17, 15) is 37.5 Å². The number of hydrogen-bond donors (Lipinski definition) is 5. The fourth-order valence-electron chi connectivity index (χ4n) is 6.09. The predicted octanol–water partition coefficient (Wildman–Crippen LogP) is 2.62. The molecule has 0 fully saturated rings. The molecule has 2 aliphatic rings. The molecule has 13 nitrogen and oxygen atoms in total. The van der Waals surface area contributed by atoms with Crippen molar-refractivity contribution in [1.82, 2.24) is 21.3 Å². The number of carbonyl (C=O) groups is 5. The van der Waals surface area contributed by atoms with Gasteiger partial charge in [0.05, 0.1) is 5.75 Å². The van der Waals surface area contributed by atoms with Crippen molar-refractivity contribution in [2.45, 2.75) is 56.3 Å². The molecule has 4 atom stereocenters. The molecular weight excluding hydrogens is 725 g/mol. The van der Waals surface area contributed by atoms with Crippen LogP contribution in [-0.2, 0) is 53.1 Å². The maximum Gasteiger partial charge on any atom is 0.326 e. The first kappa shape index (κ1) is 40.2. The Morgan fingerprint density at radius 3 is 1.87 bits per heavy atom. The number of hydrogen-bond acceptors (Lipinski definition) is 8. The van der Waals surface area contributed by atoms with Crippen LogP contribution in [0.25, 0.3) is 11.1 Å². The number of ether oxygens (including phenoxy) is 1. The first-order chi connectivity index (χ1) is 26.3. The predicted molar refractivity (Wildman–Crippen MR) is 206 cm³/mol. The molecule has 4 aromatic rings. The zero-order valence-corrected chi connectivity index (χ0v) is 31.1. The van der Waals surface area contributed by atoms with Gasteiger partial charge in [-0.05, 0) is 59.2 Å². The van der Waals surface area contributed by atoms with Crippen LogP contribution >= 0.6 is 0 Å². The van der Waals surface area contributed by atoms with Crippen molar-refractivity contribution in [2.24, 2.45) is 0 Å². The van der Waals surface area contributed by atoms with Crippen molar-refractivity contribution in [3.8, 4) is 16.9 Å². The zero-order valence-electron chi connectivity index (χ0n) is 30.3. The van der Waals surface area contributed by atoms with Crippen molar-refractivity contribution in [1.29, 1.82) is 0 Å². The van der Waals surface area contributed by atoms with Crippen LogP contribution in [0, 0.1) is 0 Å². The fraction of sp³-hybridized carbons (Fsp3) is 0.293. The van der Waals surface area contributed by atoms with Gasteiger partial charge in [0.25, 0.3) is 5.91 Å². The highest BCUT2D eigenvalue weighted by Crippen LogP contribution is 2.20. The van der Waals surface area contributed by atoms with E-state index in [0.717, 1.165) is 22.9 Å². The monoisotopic (exact) mass is 768 g/mol. The van der Waals surface area contributed by atoms with E-state index >= 15 is 0 Å². The molecule has 6 rings (SSSR count). The normalized spacial score (nSPS) is 20.0. The molecule has 4 amide bonds. The number of rotatable bonds is 10. The van der Waals surface area contributed by atoms with Crippen LogP contribution in [0.5, 0.6) is 5.75 Å². The van der Waals surface area contributed by atoms with Crippen LogP contribution in [0.15, 0.2) is 109 Å². The summed E-state index contributed by atoms with van der Waals surface area (Å²) in [5.41, 5.74) is 3.99. The summed E-state index contributed by atoms with van der Waals surface area (Å²) < 4.78 is 29.8. The van der Waals surface area contributed by atoms with Gasteiger partial charge in [0.15, 0.2) is 6.61 Å². The SMILES string of the molecule is CS(=O)(=O)CC[C@@H]1NC(=O)COc2ccc(cc2)C[C@@H](C(=O)O)NC(=O)[C@H](CCc2ccccc2)NC(=O)[C@@H](Cc2ccc(-c3ccccc3)cc2)NC1=O. The summed E-state index contributed by atoms with van der Waals surface area (Å²) in [6.07, 6.45) is 1.05. The van der Waals surface area contributed by atoms with Crippen molar-refractivity contribution in [3.05, 3.63) is 126 Å². The average molecular weight is 769 g/mol. The molecule has 2 bridgehead atoms. The highest BCUT2D eigenvalue weighted by atomic mass is 32.2. The number of benzene rings is 4. The number of carboxylic acids is 1. The van der Waals surface area contributed by atoms with Gasteiger partial charge in [0.1, 0.15) is 39.8 Å². The van der Waals surface area contributed by atoms with Crippen LogP contribution in [-0.4, -0.2) is 85.9 Å². The lowest BCUT2D eigenvalue weighted by molar-refractivity contribution is -0.142. The standard InChI is InChI=1S/C41H44N4O9S/c1-55(52,53)23-22-34-39(48)44-35(24-28-12-17-31(18-13-28)30-10-6-3-7-11-30)40(49)43-33(21-16-27-8-4-2-5-9-27)38(47)45-36(41(50)51)25-29-14-19-32(20-15-29)54-26-37(46)42-34/h2-15,17-20,33-36H,16,21-26H2,1H3,(H,42,46)(H,43,49)(H,44,48)(H,45,47)(H,50,51)/t33-,34-,35+,36-/m0/s1. The van der Waals surface area contributed by atoms with Crippen molar-refractivity contribution < 1.29 is 42.2 Å². The highest BCUT2D eigenvalue weighted by Gasteiger charge is 2.32. The number of sulfone groups is 1. The molecular formula is C41H44N4O9S. The van der Waals surface area contributed by atoms with E-state index in [4.69, 9.17) is 4.74 Å². The number of nitrogens with one attached hydrogen (secondary N) is 4. The minimum atomic E-state index is -3.56. The number of fused-ring (bicyclic) bond motifs is 16. The van der Waals surface area contributed by atoms with Gasteiger partial charge >= 0.3 is 5.97 Å². The lowest BCUT2D eigenvalue weighted by Gasteiger charge is -2.26. The summed E-state index contributed by atoms with van der Waals surface area (Å²) in [5.74, 6) is -4.45. The van der Waals surface area contributed by atoms with E-state index < -0.39 is 76.0 Å². The van der Waals surface area contributed by atoms with Gasteiger partial charge in [0.2, 0.25) is 17.7 Å². The molecule has 0 saturated carbocycles. The van der Waals surface area contributed by atoms with E-state index in [1.54, 1.807) is 24.3 Å². The molecule has 0 spiro atoms. The van der Waals surface area contributed by atoms with Gasteiger partial charge in [0, 0.05) is 19.1 Å². The number of carbonyl (C=O) groups excluding carboxylic acids is 4. The number of carboxylic acid groups (broad SMARTS) is 1. The second-order valence-corrected chi connectivity index (χ2v) is 15.7. The first-order valence-electron chi connectivity index (χ1n) is 17.8. The average Bonchev–Trinajstić information content (AvgIpc) is 3.17. The Balaban J connectivity index is 1.49. The Kier molecular flexibility index (Phi) is 13.8. The summed E-state index contributed by atoms with van der Waals surface area (Å²) in [5, 5.41) is 20.6. The van der Waals surface area contributed by atoms with Crippen molar-refractivity contribution in [2.75, 3.05) is 18.6 Å². The van der Waals surface area contributed by atoms with Crippen LogP contribution in [0.3, 0.4) is 0 Å². The zero-order chi connectivity index (χ0) is 39.4. The van der Waals surface area contributed by atoms with Gasteiger partial charge in [-0.25, -0.2) is 13.2 Å². The van der Waals surface area contributed by atoms with Crippen LogP contribution in [0.1, 0.15) is 29.5 Å². The Morgan fingerprint density at radius 1 is 0.673 bits per heavy atom. The Labute approximate surface area is 319 Å². The van der Waals surface area contributed by atoms with E-state index in [1.165, 1.54) is 12.1 Å². The smallest absolute Gasteiger partial charge is 0.326 e. The molecule has 0 aliphatic carbocycles. The van der Waals surface area contributed by atoms with E-state index in [-0.39, 0.29) is 31.4 Å². The van der Waals surface area contributed by atoms with Crippen molar-refractivity contribution in [3.63, 3.8) is 0 Å². The molecule has 0 radical (unpaired) electrons. The number of aryl methyl sites for hydroxylation is 1. The van der Waals surface area contributed by atoms with Gasteiger partial charge in [-0.15, -0.1) is 0 Å². The van der Waals surface area contributed by atoms with E-state index in [1.807, 2.05) is 72.8 Å². The molecule has 5 N–H and O–H groups in total. The summed E-state index contributed by atoms with van der Waals surface area (Å²) in [6.45, 7) is -0.517.